The van der Waals surface area contributed by atoms with Gasteiger partial charge in [-0.15, -0.1) is 0 Å². The fourth-order valence-corrected chi connectivity index (χ4v) is 5.98. The van der Waals surface area contributed by atoms with Crippen molar-refractivity contribution in [3.05, 3.63) is 113 Å². The van der Waals surface area contributed by atoms with Gasteiger partial charge in [-0.05, 0) is 106 Å². The van der Waals surface area contributed by atoms with Crippen LogP contribution in [0.5, 0.6) is 17.2 Å². The summed E-state index contributed by atoms with van der Waals surface area (Å²) in [7, 11) is 0. The van der Waals surface area contributed by atoms with Crippen molar-refractivity contribution in [1.29, 1.82) is 0 Å². The van der Waals surface area contributed by atoms with E-state index in [1.54, 1.807) is 0 Å². The van der Waals surface area contributed by atoms with Gasteiger partial charge in [0, 0.05) is 0 Å². The Labute approximate surface area is 278 Å². The first kappa shape index (κ1) is 32.0. The number of benzene rings is 3. The second-order valence-corrected chi connectivity index (χ2v) is 14.2. The van der Waals surface area contributed by atoms with Crippen LogP contribution < -0.4 is 14.2 Å². The SMILES string of the molecule is CC1(OCC2OCC2(C)Oc2ccc(Cc3ccc(OCC4CO4)cc3)cc2)C=CC(Cc2ccc(OC(C)(C)C3CO3)cc2)=CC1. The summed E-state index contributed by atoms with van der Waals surface area (Å²) in [6, 6.07) is 25.0. The first-order valence-corrected chi connectivity index (χ1v) is 16.8. The van der Waals surface area contributed by atoms with E-state index in [1.807, 2.05) is 24.3 Å². The van der Waals surface area contributed by atoms with Crippen LogP contribution in [0.15, 0.2) is 96.6 Å². The Balaban J connectivity index is 0.852. The van der Waals surface area contributed by atoms with Crippen LogP contribution in [-0.2, 0) is 31.8 Å². The van der Waals surface area contributed by atoms with Crippen LogP contribution in [0.25, 0.3) is 0 Å². The van der Waals surface area contributed by atoms with E-state index in [4.69, 9.17) is 33.2 Å². The van der Waals surface area contributed by atoms with Crippen LogP contribution in [0, 0.1) is 0 Å². The largest absolute Gasteiger partial charge is 0.491 e. The zero-order valence-electron chi connectivity index (χ0n) is 27.9. The minimum Gasteiger partial charge on any atom is -0.491 e. The van der Waals surface area contributed by atoms with Gasteiger partial charge in [0.2, 0.25) is 0 Å². The predicted octanol–water partition coefficient (Wildman–Crippen LogP) is 7.05. The third kappa shape index (κ3) is 8.28. The molecule has 3 aromatic rings. The van der Waals surface area contributed by atoms with Crippen LogP contribution in [0.2, 0.25) is 0 Å². The van der Waals surface area contributed by atoms with E-state index in [1.165, 1.54) is 22.3 Å². The Kier molecular flexibility index (Phi) is 8.92. The lowest BCUT2D eigenvalue weighted by atomic mass is 9.90. The van der Waals surface area contributed by atoms with Gasteiger partial charge in [-0.25, -0.2) is 0 Å². The molecule has 3 fully saturated rings. The lowest BCUT2D eigenvalue weighted by molar-refractivity contribution is -0.238. The minimum absolute atomic E-state index is 0.137. The second kappa shape index (κ2) is 13.1. The molecule has 248 valence electrons. The Morgan fingerprint density at radius 2 is 1.36 bits per heavy atom. The first-order valence-electron chi connectivity index (χ1n) is 16.8. The Morgan fingerprint density at radius 3 is 1.91 bits per heavy atom. The maximum Gasteiger partial charge on any atom is 0.158 e. The van der Waals surface area contributed by atoms with Crippen LogP contribution in [0.3, 0.4) is 0 Å². The predicted molar refractivity (Wildman–Crippen MR) is 180 cm³/mol. The van der Waals surface area contributed by atoms with Crippen molar-refractivity contribution in [3.63, 3.8) is 0 Å². The summed E-state index contributed by atoms with van der Waals surface area (Å²) < 4.78 is 41.4. The molecule has 5 unspecified atom stereocenters. The molecule has 0 spiro atoms. The van der Waals surface area contributed by atoms with Gasteiger partial charge < -0.3 is 33.2 Å². The molecule has 0 saturated carbocycles. The Bertz CT molecular complexity index is 1570. The zero-order chi connectivity index (χ0) is 32.5. The minimum atomic E-state index is -0.435. The third-order valence-electron chi connectivity index (χ3n) is 9.50. The molecule has 7 nitrogen and oxygen atoms in total. The zero-order valence-corrected chi connectivity index (χ0v) is 27.9. The number of hydrogen-bond donors (Lipinski definition) is 0. The molecule has 0 radical (unpaired) electrons. The van der Waals surface area contributed by atoms with Gasteiger partial charge in [-0.2, -0.15) is 0 Å². The van der Waals surface area contributed by atoms with E-state index in [9.17, 15) is 0 Å². The van der Waals surface area contributed by atoms with Gasteiger partial charge in [0.25, 0.3) is 0 Å². The van der Waals surface area contributed by atoms with Crippen molar-refractivity contribution in [1.82, 2.24) is 0 Å². The third-order valence-corrected chi connectivity index (χ3v) is 9.50. The topological polar surface area (TPSA) is 71.2 Å². The molecule has 1 aliphatic carbocycles. The van der Waals surface area contributed by atoms with Gasteiger partial charge in [0.1, 0.15) is 47.8 Å². The van der Waals surface area contributed by atoms with Gasteiger partial charge in [0.05, 0.1) is 32.0 Å². The standard InChI is InChI=1S/C40H46O7/c1-38(2,36-25-43-36)46-33-13-7-30(8-14-33)22-31-17-19-39(3,20-18-31)45-26-37-40(4,27-44-37)47-34-15-9-29(10-16-34)21-28-5-11-32(12-6-28)41-23-35-24-42-35/h5-19,35-37H,20-27H2,1-4H3. The number of hydrogen-bond acceptors (Lipinski definition) is 7. The summed E-state index contributed by atoms with van der Waals surface area (Å²) >= 11 is 0. The molecule has 7 heteroatoms. The highest BCUT2D eigenvalue weighted by Gasteiger charge is 2.48. The van der Waals surface area contributed by atoms with E-state index in [-0.39, 0.29) is 29.5 Å². The maximum absolute atomic E-state index is 6.45. The lowest BCUT2D eigenvalue weighted by Crippen LogP contribution is -2.62. The van der Waals surface area contributed by atoms with E-state index < -0.39 is 5.60 Å². The van der Waals surface area contributed by atoms with E-state index >= 15 is 0 Å². The molecule has 0 aromatic heterocycles. The van der Waals surface area contributed by atoms with Gasteiger partial charge in [-0.1, -0.05) is 54.6 Å². The maximum atomic E-state index is 6.45. The average molecular weight is 639 g/mol. The molecule has 7 rings (SSSR count). The molecule has 0 N–H and O–H groups in total. The first-order chi connectivity index (χ1) is 22.6. The molecule has 0 bridgehead atoms. The highest BCUT2D eigenvalue weighted by Crippen LogP contribution is 2.35. The second-order valence-electron chi connectivity index (χ2n) is 14.2. The number of allylic oxidation sites excluding steroid dienone is 2. The van der Waals surface area contributed by atoms with Crippen LogP contribution >= 0.6 is 0 Å². The molecule has 5 atom stereocenters. The summed E-state index contributed by atoms with van der Waals surface area (Å²) in [6.45, 7) is 11.6. The highest BCUT2D eigenvalue weighted by atomic mass is 16.6. The number of rotatable bonds is 15. The van der Waals surface area contributed by atoms with Crippen molar-refractivity contribution in [2.75, 3.05) is 33.0 Å². The highest BCUT2D eigenvalue weighted by molar-refractivity contribution is 5.37. The van der Waals surface area contributed by atoms with Crippen molar-refractivity contribution in [2.45, 2.75) is 82.1 Å². The molecule has 0 amide bonds. The quantitative estimate of drug-likeness (QED) is 0.165. The van der Waals surface area contributed by atoms with Crippen LogP contribution in [0.1, 0.15) is 50.8 Å². The Hall–Kier alpha value is -3.62. The van der Waals surface area contributed by atoms with Gasteiger partial charge in [-0.3, -0.25) is 0 Å². The van der Waals surface area contributed by atoms with Crippen LogP contribution in [-0.4, -0.2) is 68.1 Å². The molecule has 3 heterocycles. The smallest absolute Gasteiger partial charge is 0.158 e. The molecular formula is C40H46O7. The van der Waals surface area contributed by atoms with Crippen LogP contribution in [0.4, 0.5) is 0 Å². The van der Waals surface area contributed by atoms with Gasteiger partial charge in [0.15, 0.2) is 5.60 Å². The van der Waals surface area contributed by atoms with Crippen molar-refractivity contribution in [3.8, 4) is 17.2 Å². The number of ether oxygens (including phenoxy) is 7. The summed E-state index contributed by atoms with van der Waals surface area (Å²) in [5.74, 6) is 2.59. The fourth-order valence-electron chi connectivity index (χ4n) is 5.98. The van der Waals surface area contributed by atoms with Crippen molar-refractivity contribution < 1.29 is 33.2 Å². The summed E-state index contributed by atoms with van der Waals surface area (Å²) in [5, 5.41) is 0. The summed E-state index contributed by atoms with van der Waals surface area (Å²) in [5.41, 5.74) is 3.88. The molecule has 3 saturated heterocycles. The van der Waals surface area contributed by atoms with E-state index in [0.29, 0.717) is 19.8 Å². The fraction of sp³-hybridized carbons (Fsp3) is 0.450. The molecular weight excluding hydrogens is 592 g/mol. The molecule has 4 aliphatic rings. The Morgan fingerprint density at radius 1 is 0.745 bits per heavy atom. The monoisotopic (exact) mass is 638 g/mol. The van der Waals surface area contributed by atoms with E-state index in [0.717, 1.165) is 49.7 Å². The molecule has 3 aromatic carbocycles. The van der Waals surface area contributed by atoms with Crippen molar-refractivity contribution in [2.24, 2.45) is 0 Å². The summed E-state index contributed by atoms with van der Waals surface area (Å²) in [4.78, 5) is 0. The van der Waals surface area contributed by atoms with E-state index in [2.05, 4.69) is 94.5 Å². The summed E-state index contributed by atoms with van der Waals surface area (Å²) in [6.07, 6.45) is 9.49. The molecule has 3 aliphatic heterocycles. The average Bonchev–Trinajstić information content (AvgIpc) is 3.98. The van der Waals surface area contributed by atoms with Gasteiger partial charge >= 0.3 is 0 Å². The number of epoxide rings is 2. The molecule has 47 heavy (non-hydrogen) atoms. The van der Waals surface area contributed by atoms with Crippen molar-refractivity contribution >= 4 is 0 Å². The normalized spacial score (nSPS) is 27.8. The lowest BCUT2D eigenvalue weighted by Gasteiger charge is -2.47.